The van der Waals surface area contributed by atoms with Gasteiger partial charge in [-0.15, -0.1) is 11.6 Å². The normalized spacial score (nSPS) is 13.9. The summed E-state index contributed by atoms with van der Waals surface area (Å²) >= 11 is 5.52. The van der Waals surface area contributed by atoms with Crippen molar-refractivity contribution in [3.05, 3.63) is 35.9 Å². The SMILES string of the molecule is CC(CCl)NCC(F)(F)c1ccccc1. The summed E-state index contributed by atoms with van der Waals surface area (Å²) in [4.78, 5) is 0. The fourth-order valence-electron chi connectivity index (χ4n) is 1.14. The number of hydrogen-bond donors (Lipinski definition) is 1. The fraction of sp³-hybridized carbons (Fsp3) is 0.455. The van der Waals surface area contributed by atoms with Crippen molar-refractivity contribution in [2.24, 2.45) is 0 Å². The van der Waals surface area contributed by atoms with Crippen LogP contribution in [-0.2, 0) is 5.92 Å². The molecule has 0 fully saturated rings. The van der Waals surface area contributed by atoms with Crippen LogP contribution < -0.4 is 5.32 Å². The van der Waals surface area contributed by atoms with Gasteiger partial charge in [0, 0.05) is 17.5 Å². The lowest BCUT2D eigenvalue weighted by molar-refractivity contribution is -0.00474. The van der Waals surface area contributed by atoms with Crippen LogP contribution in [0.1, 0.15) is 12.5 Å². The van der Waals surface area contributed by atoms with Gasteiger partial charge in [0.05, 0.1) is 6.54 Å². The van der Waals surface area contributed by atoms with E-state index >= 15 is 0 Å². The first kappa shape index (κ1) is 12.4. The second-order valence-corrected chi connectivity index (χ2v) is 3.82. The molecule has 4 heteroatoms. The third kappa shape index (κ3) is 3.76. The number of hydrogen-bond acceptors (Lipinski definition) is 1. The molecule has 0 amide bonds. The van der Waals surface area contributed by atoms with E-state index in [2.05, 4.69) is 5.32 Å². The highest BCUT2D eigenvalue weighted by molar-refractivity contribution is 6.18. The molecule has 1 N–H and O–H groups in total. The predicted molar refractivity (Wildman–Crippen MR) is 58.5 cm³/mol. The minimum absolute atomic E-state index is 0.0271. The number of alkyl halides is 3. The van der Waals surface area contributed by atoms with Gasteiger partial charge < -0.3 is 5.32 Å². The Morgan fingerprint density at radius 2 is 1.93 bits per heavy atom. The summed E-state index contributed by atoms with van der Waals surface area (Å²) in [5.41, 5.74) is 0.0271. The zero-order valence-corrected chi connectivity index (χ0v) is 9.27. The maximum atomic E-state index is 13.5. The van der Waals surface area contributed by atoms with Crippen molar-refractivity contribution < 1.29 is 8.78 Å². The molecule has 1 rings (SSSR count). The molecule has 1 unspecified atom stereocenters. The molecular formula is C11H14ClF2N. The van der Waals surface area contributed by atoms with Gasteiger partial charge in [0.1, 0.15) is 0 Å². The van der Waals surface area contributed by atoms with Crippen molar-refractivity contribution in [3.63, 3.8) is 0 Å². The largest absolute Gasteiger partial charge is 0.307 e. The third-order valence-electron chi connectivity index (χ3n) is 2.10. The second-order valence-electron chi connectivity index (χ2n) is 3.51. The zero-order chi connectivity index (χ0) is 11.3. The zero-order valence-electron chi connectivity index (χ0n) is 8.51. The maximum Gasteiger partial charge on any atom is 0.285 e. The molecule has 0 saturated heterocycles. The van der Waals surface area contributed by atoms with E-state index in [1.165, 1.54) is 12.1 Å². The van der Waals surface area contributed by atoms with Crippen LogP contribution in [0.2, 0.25) is 0 Å². The molecule has 0 spiro atoms. The van der Waals surface area contributed by atoms with Crippen LogP contribution in [0.25, 0.3) is 0 Å². The fourth-order valence-corrected chi connectivity index (χ4v) is 1.25. The van der Waals surface area contributed by atoms with Crippen LogP contribution in [0.3, 0.4) is 0 Å². The molecule has 1 nitrogen and oxygen atoms in total. The van der Waals surface area contributed by atoms with E-state index in [9.17, 15) is 8.78 Å². The second kappa shape index (κ2) is 5.42. The smallest absolute Gasteiger partial charge is 0.285 e. The third-order valence-corrected chi connectivity index (χ3v) is 2.56. The number of benzene rings is 1. The standard InChI is InChI=1S/C11H14ClF2N/c1-9(7-12)15-8-11(13,14)10-5-3-2-4-6-10/h2-6,9,15H,7-8H2,1H3. The Balaban J connectivity index is 2.59. The summed E-state index contributed by atoms with van der Waals surface area (Å²) in [7, 11) is 0. The van der Waals surface area contributed by atoms with Crippen molar-refractivity contribution in [2.75, 3.05) is 12.4 Å². The highest BCUT2D eigenvalue weighted by Gasteiger charge is 2.31. The lowest BCUT2D eigenvalue weighted by Crippen LogP contribution is -2.37. The lowest BCUT2D eigenvalue weighted by Gasteiger charge is -2.19. The number of nitrogens with one attached hydrogen (secondary N) is 1. The summed E-state index contributed by atoms with van der Waals surface area (Å²) in [5.74, 6) is -2.52. The Bertz CT molecular complexity index is 290. The minimum Gasteiger partial charge on any atom is -0.307 e. The van der Waals surface area contributed by atoms with E-state index in [4.69, 9.17) is 11.6 Å². The number of halogens is 3. The average Bonchev–Trinajstić information content (AvgIpc) is 2.27. The number of rotatable bonds is 5. The highest BCUT2D eigenvalue weighted by Crippen LogP contribution is 2.26. The van der Waals surface area contributed by atoms with Gasteiger partial charge in [-0.3, -0.25) is 0 Å². The van der Waals surface area contributed by atoms with Crippen LogP contribution in [0.4, 0.5) is 8.78 Å². The van der Waals surface area contributed by atoms with Crippen LogP contribution in [-0.4, -0.2) is 18.5 Å². The van der Waals surface area contributed by atoms with E-state index < -0.39 is 5.92 Å². The molecule has 0 radical (unpaired) electrons. The Kier molecular flexibility index (Phi) is 4.48. The monoisotopic (exact) mass is 233 g/mol. The highest BCUT2D eigenvalue weighted by atomic mass is 35.5. The van der Waals surface area contributed by atoms with Gasteiger partial charge in [0.15, 0.2) is 0 Å². The van der Waals surface area contributed by atoms with Crippen molar-refractivity contribution in [2.45, 2.75) is 18.9 Å². The molecule has 1 aromatic carbocycles. The molecule has 15 heavy (non-hydrogen) atoms. The van der Waals surface area contributed by atoms with Crippen molar-refractivity contribution in [1.29, 1.82) is 0 Å². The van der Waals surface area contributed by atoms with Crippen molar-refractivity contribution >= 4 is 11.6 Å². The summed E-state index contributed by atoms with van der Waals surface area (Å²) < 4.78 is 27.1. The van der Waals surface area contributed by atoms with Gasteiger partial charge in [-0.2, -0.15) is 8.78 Å². The van der Waals surface area contributed by atoms with Gasteiger partial charge in [-0.1, -0.05) is 30.3 Å². The van der Waals surface area contributed by atoms with Crippen LogP contribution >= 0.6 is 11.6 Å². The topological polar surface area (TPSA) is 12.0 Å². The minimum atomic E-state index is -2.85. The van der Waals surface area contributed by atoms with E-state index in [0.29, 0.717) is 5.88 Å². The Morgan fingerprint density at radius 3 is 2.47 bits per heavy atom. The average molecular weight is 234 g/mol. The molecule has 84 valence electrons. The van der Waals surface area contributed by atoms with Crippen molar-refractivity contribution in [1.82, 2.24) is 5.32 Å². The molecule has 0 heterocycles. The Morgan fingerprint density at radius 1 is 1.33 bits per heavy atom. The first-order valence-corrected chi connectivity index (χ1v) is 5.32. The summed E-state index contributed by atoms with van der Waals surface area (Å²) in [6.07, 6.45) is 0. The molecule has 0 aliphatic heterocycles. The van der Waals surface area contributed by atoms with Gasteiger partial charge in [0.25, 0.3) is 5.92 Å². The summed E-state index contributed by atoms with van der Waals surface area (Å²) in [5, 5.41) is 2.69. The predicted octanol–water partition coefficient (Wildman–Crippen LogP) is 3.00. The summed E-state index contributed by atoms with van der Waals surface area (Å²) in [6.45, 7) is 1.39. The van der Waals surface area contributed by atoms with Gasteiger partial charge in [-0.25, -0.2) is 0 Å². The van der Waals surface area contributed by atoms with E-state index in [1.807, 2.05) is 0 Å². The first-order chi connectivity index (χ1) is 7.06. The van der Waals surface area contributed by atoms with Gasteiger partial charge in [-0.05, 0) is 6.92 Å². The van der Waals surface area contributed by atoms with Gasteiger partial charge >= 0.3 is 0 Å². The molecule has 0 bridgehead atoms. The van der Waals surface area contributed by atoms with Crippen molar-refractivity contribution in [3.8, 4) is 0 Å². The van der Waals surface area contributed by atoms with Crippen LogP contribution in [0.15, 0.2) is 30.3 Å². The Labute approximate surface area is 93.4 Å². The van der Waals surface area contributed by atoms with Crippen LogP contribution in [0, 0.1) is 0 Å². The molecule has 0 aliphatic rings. The van der Waals surface area contributed by atoms with E-state index in [0.717, 1.165) is 0 Å². The summed E-state index contributed by atoms with van der Waals surface area (Å²) in [6, 6.07) is 7.66. The molecule has 0 saturated carbocycles. The van der Waals surface area contributed by atoms with Gasteiger partial charge in [0.2, 0.25) is 0 Å². The molecule has 1 aromatic rings. The maximum absolute atomic E-state index is 13.5. The molecule has 0 aromatic heterocycles. The van der Waals surface area contributed by atoms with Crippen LogP contribution in [0.5, 0.6) is 0 Å². The lowest BCUT2D eigenvalue weighted by atomic mass is 10.1. The van der Waals surface area contributed by atoms with E-state index in [-0.39, 0.29) is 18.2 Å². The quantitative estimate of drug-likeness (QED) is 0.771. The molecule has 1 atom stereocenters. The molecular weight excluding hydrogens is 220 g/mol. The molecule has 0 aliphatic carbocycles. The Hall–Kier alpha value is -0.670. The van der Waals surface area contributed by atoms with E-state index in [1.54, 1.807) is 25.1 Å². The first-order valence-electron chi connectivity index (χ1n) is 4.79.